The molecular weight excluding hydrogens is 418 g/mol. The number of hydrogen-bond donors (Lipinski definition) is 2. The van der Waals surface area contributed by atoms with Crippen LogP contribution in [0, 0.1) is 0 Å². The SMILES string of the molecule is C=CCN1C[C@@H](C)N(C(c2cccc(O)c2)c2cccc(C(=O)N(C)CC(=O)O)c2)C[C@H]1C. The molecular formula is C26H33N3O4. The number of aliphatic carboxylic acids is 1. The van der Waals surface area contributed by atoms with E-state index in [0.717, 1.165) is 30.8 Å². The Balaban J connectivity index is 2.00. The summed E-state index contributed by atoms with van der Waals surface area (Å²) in [6, 6.07) is 15.0. The number of carboxylic acid groups (broad SMARTS) is 1. The van der Waals surface area contributed by atoms with Crippen molar-refractivity contribution in [2.24, 2.45) is 0 Å². The van der Waals surface area contributed by atoms with Crippen LogP contribution < -0.4 is 0 Å². The lowest BCUT2D eigenvalue weighted by atomic mass is 9.92. The van der Waals surface area contributed by atoms with Crippen molar-refractivity contribution in [1.82, 2.24) is 14.7 Å². The number of phenols is 1. The molecule has 2 N–H and O–H groups in total. The van der Waals surface area contributed by atoms with E-state index in [1.807, 2.05) is 36.4 Å². The fraction of sp³-hybridized carbons (Fsp3) is 0.385. The summed E-state index contributed by atoms with van der Waals surface area (Å²) >= 11 is 0. The number of benzene rings is 2. The fourth-order valence-corrected chi connectivity index (χ4v) is 4.61. The Bertz CT molecular complexity index is 1010. The van der Waals surface area contributed by atoms with Crippen molar-refractivity contribution in [3.63, 3.8) is 0 Å². The van der Waals surface area contributed by atoms with Crippen LogP contribution in [0.5, 0.6) is 5.75 Å². The maximum atomic E-state index is 12.8. The number of amides is 1. The van der Waals surface area contributed by atoms with Crippen molar-refractivity contribution in [2.45, 2.75) is 32.0 Å². The second-order valence-electron chi connectivity index (χ2n) is 8.82. The Morgan fingerprint density at radius 2 is 1.79 bits per heavy atom. The van der Waals surface area contributed by atoms with E-state index in [4.69, 9.17) is 5.11 Å². The average Bonchev–Trinajstić information content (AvgIpc) is 2.76. The maximum Gasteiger partial charge on any atom is 0.323 e. The molecule has 1 fully saturated rings. The standard InChI is InChI=1S/C26H33N3O4/c1-5-12-28-15-19(3)29(16-18(28)2)25(21-9-7-11-23(30)14-21)20-8-6-10-22(13-20)26(33)27(4)17-24(31)32/h5-11,13-14,18-19,25,30H,1,12,15-17H2,2-4H3,(H,31,32)/t18-,19-,25?/m1/s1. The van der Waals surface area contributed by atoms with Gasteiger partial charge < -0.3 is 15.1 Å². The van der Waals surface area contributed by atoms with Crippen LogP contribution in [0.1, 0.15) is 41.4 Å². The smallest absolute Gasteiger partial charge is 0.323 e. The topological polar surface area (TPSA) is 84.3 Å². The molecule has 0 saturated carbocycles. The molecule has 1 unspecified atom stereocenters. The van der Waals surface area contributed by atoms with E-state index in [2.05, 4.69) is 30.2 Å². The van der Waals surface area contributed by atoms with Gasteiger partial charge in [0, 0.05) is 44.3 Å². The molecule has 0 aromatic heterocycles. The molecule has 1 heterocycles. The van der Waals surface area contributed by atoms with Gasteiger partial charge in [0.05, 0.1) is 6.04 Å². The number of carbonyl (C=O) groups excluding carboxylic acids is 1. The molecule has 3 atom stereocenters. The van der Waals surface area contributed by atoms with Crippen LogP contribution >= 0.6 is 0 Å². The highest BCUT2D eigenvalue weighted by molar-refractivity contribution is 5.95. The van der Waals surface area contributed by atoms with Gasteiger partial charge in [-0.15, -0.1) is 6.58 Å². The van der Waals surface area contributed by atoms with Gasteiger partial charge in [-0.3, -0.25) is 19.4 Å². The molecule has 3 rings (SSSR count). The first-order chi connectivity index (χ1) is 15.7. The molecule has 0 aliphatic carbocycles. The highest BCUT2D eigenvalue weighted by atomic mass is 16.4. The van der Waals surface area contributed by atoms with Gasteiger partial charge in [-0.05, 0) is 49.2 Å². The molecule has 2 aromatic rings. The summed E-state index contributed by atoms with van der Waals surface area (Å²) in [6.07, 6.45) is 1.92. The number of likely N-dealkylation sites (N-methyl/N-ethyl adjacent to an activating group) is 1. The number of nitrogens with zero attached hydrogens (tertiary/aromatic N) is 3. The molecule has 0 bridgehead atoms. The minimum absolute atomic E-state index is 0.169. The molecule has 2 aromatic carbocycles. The van der Waals surface area contributed by atoms with Gasteiger partial charge in [0.25, 0.3) is 5.91 Å². The zero-order chi connectivity index (χ0) is 24.1. The average molecular weight is 452 g/mol. The lowest BCUT2D eigenvalue weighted by Gasteiger charge is -2.47. The maximum absolute atomic E-state index is 12.8. The Kier molecular flexibility index (Phi) is 7.89. The quantitative estimate of drug-likeness (QED) is 0.600. The lowest BCUT2D eigenvalue weighted by molar-refractivity contribution is -0.137. The van der Waals surface area contributed by atoms with Crippen LogP contribution in [0.2, 0.25) is 0 Å². The Morgan fingerprint density at radius 1 is 1.12 bits per heavy atom. The number of carboxylic acids is 1. The molecule has 1 saturated heterocycles. The molecule has 1 aliphatic heterocycles. The number of hydrogen-bond acceptors (Lipinski definition) is 5. The second kappa shape index (κ2) is 10.6. The summed E-state index contributed by atoms with van der Waals surface area (Å²) in [7, 11) is 1.48. The fourth-order valence-electron chi connectivity index (χ4n) is 4.61. The monoisotopic (exact) mass is 451 g/mol. The van der Waals surface area contributed by atoms with Crippen LogP contribution in [0.25, 0.3) is 0 Å². The minimum atomic E-state index is -1.06. The highest BCUT2D eigenvalue weighted by Crippen LogP contribution is 2.35. The number of aromatic hydroxyl groups is 1. The molecule has 0 radical (unpaired) electrons. The summed E-state index contributed by atoms with van der Waals surface area (Å²) in [4.78, 5) is 29.9. The molecule has 7 nitrogen and oxygen atoms in total. The van der Waals surface area contributed by atoms with Crippen LogP contribution in [0.4, 0.5) is 0 Å². The first kappa shape index (κ1) is 24.5. The second-order valence-corrected chi connectivity index (χ2v) is 8.82. The van der Waals surface area contributed by atoms with Crippen LogP contribution in [-0.4, -0.2) is 82.1 Å². The van der Waals surface area contributed by atoms with E-state index in [9.17, 15) is 14.7 Å². The predicted molar refractivity (Wildman–Crippen MR) is 128 cm³/mol. The summed E-state index contributed by atoms with van der Waals surface area (Å²) in [5, 5.41) is 19.2. The molecule has 33 heavy (non-hydrogen) atoms. The van der Waals surface area contributed by atoms with Crippen LogP contribution in [0.3, 0.4) is 0 Å². The summed E-state index contributed by atoms with van der Waals surface area (Å²) < 4.78 is 0. The summed E-state index contributed by atoms with van der Waals surface area (Å²) in [5.74, 6) is -1.21. The molecule has 0 spiro atoms. The molecule has 7 heteroatoms. The van der Waals surface area contributed by atoms with E-state index in [0.29, 0.717) is 11.6 Å². The largest absolute Gasteiger partial charge is 0.508 e. The van der Waals surface area contributed by atoms with Crippen molar-refractivity contribution in [2.75, 3.05) is 33.2 Å². The van der Waals surface area contributed by atoms with Gasteiger partial charge in [-0.2, -0.15) is 0 Å². The predicted octanol–water partition coefficient (Wildman–Crippen LogP) is 3.22. The van der Waals surface area contributed by atoms with Crippen molar-refractivity contribution < 1.29 is 19.8 Å². The third-order valence-electron chi connectivity index (χ3n) is 6.21. The van der Waals surface area contributed by atoms with Gasteiger partial charge in [-0.25, -0.2) is 0 Å². The van der Waals surface area contributed by atoms with Gasteiger partial charge in [0.2, 0.25) is 0 Å². The van der Waals surface area contributed by atoms with E-state index >= 15 is 0 Å². The normalized spacial score (nSPS) is 20.2. The van der Waals surface area contributed by atoms with Crippen molar-refractivity contribution in [1.29, 1.82) is 0 Å². The Hall–Kier alpha value is -3.16. The van der Waals surface area contributed by atoms with Gasteiger partial charge in [-0.1, -0.05) is 30.3 Å². The number of carbonyl (C=O) groups is 2. The van der Waals surface area contributed by atoms with E-state index in [1.54, 1.807) is 18.2 Å². The van der Waals surface area contributed by atoms with Crippen molar-refractivity contribution in [3.05, 3.63) is 77.9 Å². The number of piperazine rings is 1. The zero-order valence-corrected chi connectivity index (χ0v) is 19.5. The third-order valence-corrected chi connectivity index (χ3v) is 6.21. The van der Waals surface area contributed by atoms with Gasteiger partial charge >= 0.3 is 5.97 Å². The Morgan fingerprint density at radius 3 is 2.42 bits per heavy atom. The lowest BCUT2D eigenvalue weighted by Crippen LogP contribution is -2.57. The van der Waals surface area contributed by atoms with Crippen LogP contribution in [-0.2, 0) is 4.79 Å². The van der Waals surface area contributed by atoms with E-state index < -0.39 is 5.97 Å². The Labute approximate surface area is 195 Å². The first-order valence-electron chi connectivity index (χ1n) is 11.2. The van der Waals surface area contributed by atoms with Gasteiger partial charge in [0.1, 0.15) is 12.3 Å². The first-order valence-corrected chi connectivity index (χ1v) is 11.2. The zero-order valence-electron chi connectivity index (χ0n) is 19.5. The number of rotatable bonds is 8. The number of phenolic OH excluding ortho intramolecular Hbond substituents is 1. The third kappa shape index (κ3) is 5.80. The van der Waals surface area contributed by atoms with Crippen molar-refractivity contribution >= 4 is 11.9 Å². The van der Waals surface area contributed by atoms with Crippen LogP contribution in [0.15, 0.2) is 61.2 Å². The summed E-state index contributed by atoms with van der Waals surface area (Å²) in [6.45, 7) is 10.4. The van der Waals surface area contributed by atoms with E-state index in [-0.39, 0.29) is 30.3 Å². The van der Waals surface area contributed by atoms with Gasteiger partial charge in [0.15, 0.2) is 0 Å². The molecule has 176 valence electrons. The van der Waals surface area contributed by atoms with E-state index in [1.165, 1.54) is 11.9 Å². The molecule has 1 aliphatic rings. The minimum Gasteiger partial charge on any atom is -0.508 e. The summed E-state index contributed by atoms with van der Waals surface area (Å²) in [5.41, 5.74) is 2.30. The molecule has 1 amide bonds. The van der Waals surface area contributed by atoms with Crippen molar-refractivity contribution in [3.8, 4) is 5.75 Å². The highest BCUT2D eigenvalue weighted by Gasteiger charge is 2.34.